The fourth-order valence-corrected chi connectivity index (χ4v) is 2.54. The van der Waals surface area contributed by atoms with Crippen LogP contribution in [0.2, 0.25) is 5.15 Å². The van der Waals surface area contributed by atoms with E-state index >= 15 is 0 Å². The molecule has 1 saturated carbocycles. The molecule has 0 amide bonds. The highest BCUT2D eigenvalue weighted by molar-refractivity contribution is 9.10. The van der Waals surface area contributed by atoms with Crippen LogP contribution in [0.5, 0.6) is 0 Å². The first-order valence-electron chi connectivity index (χ1n) is 4.09. The van der Waals surface area contributed by atoms with Gasteiger partial charge in [-0.2, -0.15) is 0 Å². The number of pyridine rings is 1. The van der Waals surface area contributed by atoms with Crippen LogP contribution in [0.4, 0.5) is 0 Å². The average Bonchev–Trinajstić information content (AvgIpc) is 1.93. The molecular weight excluding hydrogens is 237 g/mol. The molecular formula is C9H9BrClN. The highest BCUT2D eigenvalue weighted by Gasteiger charge is 2.24. The van der Waals surface area contributed by atoms with Crippen LogP contribution in [0.1, 0.15) is 30.7 Å². The second kappa shape index (κ2) is 3.35. The summed E-state index contributed by atoms with van der Waals surface area (Å²) in [6, 6.07) is 1.96. The van der Waals surface area contributed by atoms with E-state index in [1.165, 1.54) is 24.8 Å². The van der Waals surface area contributed by atoms with Crippen molar-refractivity contribution in [1.82, 2.24) is 4.98 Å². The van der Waals surface area contributed by atoms with Crippen LogP contribution in [0, 0.1) is 0 Å². The van der Waals surface area contributed by atoms with Gasteiger partial charge >= 0.3 is 0 Å². The minimum Gasteiger partial charge on any atom is -0.244 e. The number of hydrogen-bond donors (Lipinski definition) is 0. The number of halogens is 2. The van der Waals surface area contributed by atoms with Crippen molar-refractivity contribution >= 4 is 27.5 Å². The molecule has 1 aliphatic carbocycles. The van der Waals surface area contributed by atoms with Gasteiger partial charge in [0.15, 0.2) is 0 Å². The summed E-state index contributed by atoms with van der Waals surface area (Å²) in [6.07, 6.45) is 5.56. The fraction of sp³-hybridized carbons (Fsp3) is 0.444. The van der Waals surface area contributed by atoms with Crippen molar-refractivity contribution in [2.24, 2.45) is 0 Å². The van der Waals surface area contributed by atoms with Crippen molar-refractivity contribution in [2.75, 3.05) is 0 Å². The predicted molar refractivity (Wildman–Crippen MR) is 53.5 cm³/mol. The minimum atomic E-state index is 0.639. The predicted octanol–water partition coefficient (Wildman–Crippen LogP) is 3.77. The molecule has 0 aliphatic heterocycles. The molecule has 1 aromatic rings. The van der Waals surface area contributed by atoms with Crippen LogP contribution in [0.3, 0.4) is 0 Å². The normalized spacial score (nSPS) is 17.5. The smallest absolute Gasteiger partial charge is 0.133 e. The molecule has 1 nitrogen and oxygen atoms in total. The summed E-state index contributed by atoms with van der Waals surface area (Å²) >= 11 is 9.49. The van der Waals surface area contributed by atoms with E-state index in [0.717, 1.165) is 4.47 Å². The van der Waals surface area contributed by atoms with Gasteiger partial charge in [-0.15, -0.1) is 0 Å². The lowest BCUT2D eigenvalue weighted by Crippen LogP contribution is -2.10. The van der Waals surface area contributed by atoms with Crippen LogP contribution >= 0.6 is 27.5 Å². The zero-order chi connectivity index (χ0) is 8.55. The molecule has 0 bridgehead atoms. The molecule has 0 radical (unpaired) electrons. The Labute approximate surface area is 85.3 Å². The summed E-state index contributed by atoms with van der Waals surface area (Å²) in [7, 11) is 0. The van der Waals surface area contributed by atoms with E-state index in [4.69, 9.17) is 11.6 Å². The molecule has 0 atom stereocenters. The van der Waals surface area contributed by atoms with E-state index in [-0.39, 0.29) is 0 Å². The molecule has 3 heteroatoms. The first-order chi connectivity index (χ1) is 5.79. The van der Waals surface area contributed by atoms with Crippen molar-refractivity contribution in [3.05, 3.63) is 27.5 Å². The highest BCUT2D eigenvalue weighted by Crippen LogP contribution is 2.42. The van der Waals surface area contributed by atoms with Crippen LogP contribution in [-0.2, 0) is 0 Å². The van der Waals surface area contributed by atoms with Gasteiger partial charge in [-0.3, -0.25) is 0 Å². The molecule has 1 aromatic heterocycles. The summed E-state index contributed by atoms with van der Waals surface area (Å²) in [5.41, 5.74) is 1.20. The van der Waals surface area contributed by atoms with E-state index in [1.807, 2.05) is 6.07 Å². The summed E-state index contributed by atoms with van der Waals surface area (Å²) in [6.45, 7) is 0. The first kappa shape index (κ1) is 8.52. The van der Waals surface area contributed by atoms with Gasteiger partial charge in [0.05, 0.1) is 0 Å². The van der Waals surface area contributed by atoms with Gasteiger partial charge in [0.2, 0.25) is 0 Å². The summed E-state index contributed by atoms with van der Waals surface area (Å²) in [5, 5.41) is 0.661. The van der Waals surface area contributed by atoms with Crippen LogP contribution in [-0.4, -0.2) is 4.98 Å². The van der Waals surface area contributed by atoms with Gasteiger partial charge in [0.1, 0.15) is 5.15 Å². The van der Waals surface area contributed by atoms with Gasteiger partial charge in [-0.25, -0.2) is 4.98 Å². The lowest BCUT2D eigenvalue weighted by molar-refractivity contribution is 0.417. The van der Waals surface area contributed by atoms with E-state index in [1.54, 1.807) is 6.20 Å². The van der Waals surface area contributed by atoms with Crippen LogP contribution in [0.25, 0.3) is 0 Å². The molecule has 64 valence electrons. The van der Waals surface area contributed by atoms with Crippen molar-refractivity contribution in [3.8, 4) is 0 Å². The average molecular weight is 247 g/mol. The standard InChI is InChI=1S/C9H9BrClN/c10-7-4-5-12-9(11)8(7)6-2-1-3-6/h4-6H,1-3H2. The molecule has 0 N–H and O–H groups in total. The molecule has 0 spiro atoms. The van der Waals surface area contributed by atoms with Crippen LogP contribution < -0.4 is 0 Å². The molecule has 2 rings (SSSR count). The first-order valence-corrected chi connectivity index (χ1v) is 5.26. The molecule has 12 heavy (non-hydrogen) atoms. The van der Waals surface area contributed by atoms with Crippen molar-refractivity contribution in [1.29, 1.82) is 0 Å². The van der Waals surface area contributed by atoms with Gasteiger partial charge in [0.25, 0.3) is 0 Å². The Kier molecular flexibility index (Phi) is 2.37. The molecule has 0 saturated heterocycles. The quantitative estimate of drug-likeness (QED) is 0.688. The summed E-state index contributed by atoms with van der Waals surface area (Å²) in [5.74, 6) is 0.639. The Bertz CT molecular complexity index is 276. The Morgan fingerprint density at radius 3 is 2.75 bits per heavy atom. The number of aromatic nitrogens is 1. The molecule has 1 aliphatic rings. The van der Waals surface area contributed by atoms with Gasteiger partial charge in [-0.1, -0.05) is 34.0 Å². The van der Waals surface area contributed by atoms with E-state index in [2.05, 4.69) is 20.9 Å². The Morgan fingerprint density at radius 1 is 1.50 bits per heavy atom. The van der Waals surface area contributed by atoms with Crippen molar-refractivity contribution in [3.63, 3.8) is 0 Å². The minimum absolute atomic E-state index is 0.639. The summed E-state index contributed by atoms with van der Waals surface area (Å²) < 4.78 is 1.10. The SMILES string of the molecule is Clc1nccc(Br)c1C1CCC1. The fourth-order valence-electron chi connectivity index (χ4n) is 1.49. The Hall–Kier alpha value is -0.0800. The monoisotopic (exact) mass is 245 g/mol. The van der Waals surface area contributed by atoms with Gasteiger partial charge < -0.3 is 0 Å². The van der Waals surface area contributed by atoms with Crippen molar-refractivity contribution < 1.29 is 0 Å². The third kappa shape index (κ3) is 1.38. The van der Waals surface area contributed by atoms with E-state index < -0.39 is 0 Å². The molecule has 0 aromatic carbocycles. The zero-order valence-corrected chi connectivity index (χ0v) is 8.90. The molecule has 0 unspecified atom stereocenters. The van der Waals surface area contributed by atoms with E-state index in [0.29, 0.717) is 11.1 Å². The lowest BCUT2D eigenvalue weighted by atomic mass is 9.81. The maximum absolute atomic E-state index is 6.00. The largest absolute Gasteiger partial charge is 0.244 e. The van der Waals surface area contributed by atoms with Gasteiger partial charge in [-0.05, 0) is 24.8 Å². The maximum atomic E-state index is 6.00. The Balaban J connectivity index is 2.39. The molecule has 1 fully saturated rings. The third-order valence-corrected chi connectivity index (χ3v) is 3.39. The number of rotatable bonds is 1. The lowest BCUT2D eigenvalue weighted by Gasteiger charge is -2.26. The van der Waals surface area contributed by atoms with Crippen molar-refractivity contribution in [2.45, 2.75) is 25.2 Å². The number of nitrogens with zero attached hydrogens (tertiary/aromatic N) is 1. The zero-order valence-electron chi connectivity index (χ0n) is 6.56. The third-order valence-electron chi connectivity index (χ3n) is 2.40. The highest BCUT2D eigenvalue weighted by atomic mass is 79.9. The summed E-state index contributed by atoms with van der Waals surface area (Å²) in [4.78, 5) is 4.08. The van der Waals surface area contributed by atoms with Gasteiger partial charge in [0, 0.05) is 16.2 Å². The maximum Gasteiger partial charge on any atom is 0.133 e. The second-order valence-electron chi connectivity index (χ2n) is 3.13. The topological polar surface area (TPSA) is 12.9 Å². The molecule has 1 heterocycles. The Morgan fingerprint density at radius 2 is 2.25 bits per heavy atom. The van der Waals surface area contributed by atoms with Crippen LogP contribution in [0.15, 0.2) is 16.7 Å². The van der Waals surface area contributed by atoms with E-state index in [9.17, 15) is 0 Å². The number of hydrogen-bond acceptors (Lipinski definition) is 1. The second-order valence-corrected chi connectivity index (χ2v) is 4.34.